The number of fused-ring (bicyclic) bond motifs is 3. The van der Waals surface area contributed by atoms with Gasteiger partial charge in [-0.1, -0.05) is 74.8 Å². The minimum atomic E-state index is -0.0461. The highest BCUT2D eigenvalue weighted by atomic mass is 32.2. The smallest absolute Gasteiger partial charge is 0.262 e. The zero-order chi connectivity index (χ0) is 21.8. The van der Waals surface area contributed by atoms with Crippen LogP contribution in [-0.2, 0) is 13.0 Å². The van der Waals surface area contributed by atoms with Gasteiger partial charge in [-0.15, -0.1) is 10.2 Å². The molecular weight excluding hydrogens is 408 g/mol. The fraction of sp³-hybridized carbons (Fsp3) is 0.333. The molecule has 4 aromatic rings. The Balaban J connectivity index is 1.68. The van der Waals surface area contributed by atoms with Crippen LogP contribution in [0.5, 0.6) is 0 Å². The quantitative estimate of drug-likeness (QED) is 0.216. The molecule has 0 N–H and O–H groups in total. The van der Waals surface area contributed by atoms with E-state index in [1.54, 1.807) is 4.57 Å². The number of nitrogens with zero attached hydrogens (tertiary/aromatic N) is 4. The summed E-state index contributed by atoms with van der Waals surface area (Å²) in [5.41, 5.74) is 2.62. The van der Waals surface area contributed by atoms with Crippen LogP contribution in [0, 0.1) is 0 Å². The van der Waals surface area contributed by atoms with Crippen LogP contribution in [0.15, 0.2) is 58.5 Å². The van der Waals surface area contributed by atoms with Crippen LogP contribution in [-0.4, -0.2) is 30.7 Å². The van der Waals surface area contributed by atoms with Crippen molar-refractivity contribution in [1.82, 2.24) is 19.2 Å². The Morgan fingerprint density at radius 2 is 1.77 bits per heavy atom. The van der Waals surface area contributed by atoms with Crippen LogP contribution in [0.2, 0.25) is 0 Å². The molecule has 0 fully saturated rings. The Kier molecular flexibility index (Phi) is 6.51. The van der Waals surface area contributed by atoms with Crippen molar-refractivity contribution in [2.75, 3.05) is 5.75 Å². The van der Waals surface area contributed by atoms with Gasteiger partial charge in [-0.25, -0.2) is 0 Å². The van der Waals surface area contributed by atoms with Gasteiger partial charge in [-0.3, -0.25) is 18.6 Å². The zero-order valence-corrected chi connectivity index (χ0v) is 18.7. The van der Waals surface area contributed by atoms with Crippen molar-refractivity contribution in [1.29, 1.82) is 0 Å². The maximum atomic E-state index is 13.1. The van der Waals surface area contributed by atoms with Crippen LogP contribution in [0.3, 0.4) is 0 Å². The number of benzene rings is 2. The highest BCUT2D eigenvalue weighted by molar-refractivity contribution is 7.99. The van der Waals surface area contributed by atoms with Crippen LogP contribution < -0.4 is 5.56 Å². The predicted molar refractivity (Wildman–Crippen MR) is 125 cm³/mol. The van der Waals surface area contributed by atoms with E-state index in [0.717, 1.165) is 31.2 Å². The van der Waals surface area contributed by atoms with Gasteiger partial charge in [0.05, 0.1) is 16.7 Å². The average molecular weight is 435 g/mol. The van der Waals surface area contributed by atoms with E-state index < -0.39 is 0 Å². The highest BCUT2D eigenvalue weighted by Crippen LogP contribution is 2.23. The monoisotopic (exact) mass is 434 g/mol. The molecule has 0 radical (unpaired) electrons. The summed E-state index contributed by atoms with van der Waals surface area (Å²) in [6, 6.07) is 15.2. The van der Waals surface area contributed by atoms with Gasteiger partial charge in [0.1, 0.15) is 0 Å². The van der Waals surface area contributed by atoms with Gasteiger partial charge >= 0.3 is 0 Å². The Labute approximate surface area is 185 Å². The Bertz CT molecular complexity index is 1270. The molecule has 4 rings (SSSR count). The Morgan fingerprint density at radius 3 is 2.52 bits per heavy atom. The number of thioether (sulfide) groups is 1. The van der Waals surface area contributed by atoms with E-state index in [0.29, 0.717) is 28.4 Å². The lowest BCUT2D eigenvalue weighted by molar-refractivity contribution is 0.102. The predicted octanol–water partition coefficient (Wildman–Crippen LogP) is 4.77. The normalized spacial score (nSPS) is 11.4. The number of hydrogen-bond donors (Lipinski definition) is 0. The zero-order valence-electron chi connectivity index (χ0n) is 17.9. The van der Waals surface area contributed by atoms with E-state index >= 15 is 0 Å². The topological polar surface area (TPSA) is 69.3 Å². The molecule has 0 aliphatic heterocycles. The van der Waals surface area contributed by atoms with Crippen molar-refractivity contribution in [3.05, 3.63) is 70.0 Å². The van der Waals surface area contributed by atoms with Gasteiger partial charge < -0.3 is 0 Å². The van der Waals surface area contributed by atoms with Gasteiger partial charge in [0.2, 0.25) is 5.78 Å². The second-order valence-electron chi connectivity index (χ2n) is 7.56. The van der Waals surface area contributed by atoms with E-state index in [2.05, 4.69) is 24.0 Å². The molecule has 0 saturated carbocycles. The summed E-state index contributed by atoms with van der Waals surface area (Å²) < 4.78 is 3.61. The number of aromatic nitrogens is 4. The summed E-state index contributed by atoms with van der Waals surface area (Å²) in [7, 11) is 0. The summed E-state index contributed by atoms with van der Waals surface area (Å²) >= 11 is 1.35. The third kappa shape index (κ3) is 4.28. The molecule has 6 nitrogen and oxygen atoms in total. The first kappa shape index (κ1) is 21.3. The molecule has 2 aromatic carbocycles. The maximum Gasteiger partial charge on any atom is 0.262 e. The maximum absolute atomic E-state index is 13.1. The number of aryl methyl sites for hydroxylation is 2. The lowest BCUT2D eigenvalue weighted by atomic mass is 10.1. The van der Waals surface area contributed by atoms with Gasteiger partial charge in [-0.05, 0) is 30.5 Å². The van der Waals surface area contributed by atoms with E-state index in [-0.39, 0.29) is 17.1 Å². The number of unbranched alkanes of at least 4 members (excludes halogenated alkanes) is 2. The minimum absolute atomic E-state index is 0.0461. The molecule has 31 heavy (non-hydrogen) atoms. The Hall–Kier alpha value is -2.93. The van der Waals surface area contributed by atoms with Gasteiger partial charge in [0.15, 0.2) is 10.9 Å². The third-order valence-corrected chi connectivity index (χ3v) is 6.41. The second kappa shape index (κ2) is 9.47. The first-order valence-electron chi connectivity index (χ1n) is 10.8. The molecule has 0 aliphatic carbocycles. The van der Waals surface area contributed by atoms with Crippen molar-refractivity contribution in [3.63, 3.8) is 0 Å². The summed E-state index contributed by atoms with van der Waals surface area (Å²) in [5.74, 6) is 0.835. The van der Waals surface area contributed by atoms with Crippen LogP contribution in [0.4, 0.5) is 0 Å². The number of para-hydroxylation sites is 1. The molecule has 0 aliphatic rings. The van der Waals surface area contributed by atoms with E-state index in [4.69, 9.17) is 0 Å². The number of Topliss-reactive ketones (excluding diaryl/α,β-unsaturated/α-hetero) is 1. The van der Waals surface area contributed by atoms with Gasteiger partial charge in [-0.2, -0.15) is 0 Å². The van der Waals surface area contributed by atoms with Crippen LogP contribution >= 0.6 is 11.8 Å². The molecule has 2 aromatic heterocycles. The summed E-state index contributed by atoms with van der Waals surface area (Å²) in [5, 5.41) is 9.91. The Morgan fingerprint density at radius 1 is 1.00 bits per heavy atom. The largest absolute Gasteiger partial charge is 0.293 e. The summed E-state index contributed by atoms with van der Waals surface area (Å²) in [6.45, 7) is 4.83. The fourth-order valence-corrected chi connectivity index (χ4v) is 4.52. The fourth-order valence-electron chi connectivity index (χ4n) is 3.69. The molecule has 0 amide bonds. The average Bonchev–Trinajstić information content (AvgIpc) is 3.23. The molecule has 160 valence electrons. The van der Waals surface area contributed by atoms with Crippen molar-refractivity contribution in [3.8, 4) is 0 Å². The van der Waals surface area contributed by atoms with Crippen molar-refractivity contribution in [2.45, 2.75) is 51.2 Å². The number of rotatable bonds is 9. The van der Waals surface area contributed by atoms with Crippen molar-refractivity contribution < 1.29 is 4.79 Å². The number of ketones is 1. The molecule has 2 heterocycles. The standard InChI is InChI=1S/C24H26N4O2S/c1-3-5-8-15-27-22(30)19-9-6-7-10-20(19)28-23(27)25-26-24(28)31-16-21(29)18-13-11-17(4-2)12-14-18/h6-7,9-14H,3-5,8,15-16H2,1-2H3. The lowest BCUT2D eigenvalue weighted by Gasteiger charge is -2.11. The molecule has 7 heteroatoms. The minimum Gasteiger partial charge on any atom is -0.293 e. The first-order chi connectivity index (χ1) is 15.1. The number of hydrogen-bond acceptors (Lipinski definition) is 5. The van der Waals surface area contributed by atoms with Gasteiger partial charge in [0.25, 0.3) is 5.56 Å². The lowest BCUT2D eigenvalue weighted by Crippen LogP contribution is -2.23. The second-order valence-corrected chi connectivity index (χ2v) is 8.50. The van der Waals surface area contributed by atoms with E-state index in [1.165, 1.54) is 17.3 Å². The summed E-state index contributed by atoms with van der Waals surface area (Å²) in [6.07, 6.45) is 3.98. The molecule has 0 atom stereocenters. The van der Waals surface area contributed by atoms with Crippen molar-refractivity contribution >= 4 is 34.2 Å². The van der Waals surface area contributed by atoms with Crippen LogP contribution in [0.25, 0.3) is 16.7 Å². The molecule has 0 bridgehead atoms. The van der Waals surface area contributed by atoms with Crippen molar-refractivity contribution in [2.24, 2.45) is 0 Å². The molecule has 0 unspecified atom stereocenters. The first-order valence-corrected chi connectivity index (χ1v) is 11.7. The third-order valence-electron chi connectivity index (χ3n) is 5.48. The van der Waals surface area contributed by atoms with E-state index in [1.807, 2.05) is 52.9 Å². The number of carbonyl (C=O) groups excluding carboxylic acids is 1. The SMILES string of the molecule is CCCCCn1c(=O)c2ccccc2n2c(SCC(=O)c3ccc(CC)cc3)nnc12. The summed E-state index contributed by atoms with van der Waals surface area (Å²) in [4.78, 5) is 25.8. The molecule has 0 spiro atoms. The van der Waals surface area contributed by atoms with E-state index in [9.17, 15) is 9.59 Å². The number of carbonyl (C=O) groups is 1. The molecular formula is C24H26N4O2S. The molecule has 0 saturated heterocycles. The highest BCUT2D eigenvalue weighted by Gasteiger charge is 2.17. The van der Waals surface area contributed by atoms with Crippen LogP contribution in [0.1, 0.15) is 49.0 Å². The van der Waals surface area contributed by atoms with Gasteiger partial charge in [0, 0.05) is 12.1 Å².